The lowest BCUT2D eigenvalue weighted by molar-refractivity contribution is -0.122. The van der Waals surface area contributed by atoms with Crippen LogP contribution in [0.1, 0.15) is 18.9 Å². The van der Waals surface area contributed by atoms with Crippen LogP contribution in [-0.2, 0) is 9.53 Å². The number of nitrogens with zero attached hydrogens (tertiary/aromatic N) is 1. The lowest BCUT2D eigenvalue weighted by Gasteiger charge is -2.24. The van der Waals surface area contributed by atoms with Gasteiger partial charge < -0.3 is 15.0 Å². The summed E-state index contributed by atoms with van der Waals surface area (Å²) in [6.07, 6.45) is 1.06. The number of nitrogens with one attached hydrogen (secondary N) is 1. The molecule has 0 spiro atoms. The number of carbonyl (C=O) groups excluding carboxylic acids is 1. The molecule has 2 unspecified atom stereocenters. The molecule has 1 aromatic rings. The van der Waals surface area contributed by atoms with Crippen LogP contribution in [0.5, 0.6) is 0 Å². The highest BCUT2D eigenvalue weighted by Gasteiger charge is 2.35. The normalized spacial score (nSPS) is 21.9. The molecule has 0 aromatic heterocycles. The Kier molecular flexibility index (Phi) is 5.15. The van der Waals surface area contributed by atoms with Gasteiger partial charge in [-0.15, -0.1) is 0 Å². The van der Waals surface area contributed by atoms with E-state index < -0.39 is 0 Å². The average molecular weight is 276 g/mol. The van der Waals surface area contributed by atoms with Crippen molar-refractivity contribution >= 4 is 11.6 Å². The molecule has 4 heteroatoms. The van der Waals surface area contributed by atoms with Crippen LogP contribution in [0.3, 0.4) is 0 Å². The molecule has 20 heavy (non-hydrogen) atoms. The van der Waals surface area contributed by atoms with E-state index in [2.05, 4.69) is 12.2 Å². The van der Waals surface area contributed by atoms with Gasteiger partial charge in [-0.3, -0.25) is 4.79 Å². The summed E-state index contributed by atoms with van der Waals surface area (Å²) < 4.78 is 5.49. The number of benzene rings is 1. The number of aryl methyl sites for hydroxylation is 1. The standard InChI is InChI=1S/C16H24N2O2/c1-4-8-17-15-11-20-10-14(15)16(19)18(3)13-7-5-6-12(2)9-13/h5-7,9,14-15,17H,4,8,10-11H2,1-3H3. The third-order valence-corrected chi connectivity index (χ3v) is 3.77. The van der Waals surface area contributed by atoms with E-state index in [1.807, 2.05) is 38.2 Å². The van der Waals surface area contributed by atoms with Gasteiger partial charge in [-0.25, -0.2) is 0 Å². The highest BCUT2D eigenvalue weighted by molar-refractivity contribution is 5.95. The quantitative estimate of drug-likeness (QED) is 0.894. The first-order valence-electron chi connectivity index (χ1n) is 7.29. The van der Waals surface area contributed by atoms with Gasteiger partial charge in [-0.05, 0) is 37.6 Å². The van der Waals surface area contributed by atoms with Crippen molar-refractivity contribution in [2.75, 3.05) is 31.7 Å². The summed E-state index contributed by atoms with van der Waals surface area (Å²) in [5.74, 6) is 0.0359. The summed E-state index contributed by atoms with van der Waals surface area (Å²) >= 11 is 0. The molecule has 0 saturated carbocycles. The molecule has 0 aliphatic carbocycles. The van der Waals surface area contributed by atoms with Gasteiger partial charge in [0.15, 0.2) is 0 Å². The minimum atomic E-state index is -0.0907. The molecule has 0 radical (unpaired) electrons. The Hall–Kier alpha value is -1.39. The number of hydrogen-bond acceptors (Lipinski definition) is 3. The minimum absolute atomic E-state index is 0.0907. The van der Waals surface area contributed by atoms with Crippen molar-refractivity contribution in [3.8, 4) is 0 Å². The molecule has 1 aliphatic heterocycles. The Morgan fingerprint density at radius 3 is 2.95 bits per heavy atom. The first-order chi connectivity index (χ1) is 9.63. The van der Waals surface area contributed by atoms with Gasteiger partial charge in [0.05, 0.1) is 19.1 Å². The molecule has 1 saturated heterocycles. The summed E-state index contributed by atoms with van der Waals surface area (Å²) in [5, 5.41) is 3.41. The van der Waals surface area contributed by atoms with E-state index in [0.717, 1.165) is 24.2 Å². The van der Waals surface area contributed by atoms with E-state index in [0.29, 0.717) is 13.2 Å². The van der Waals surface area contributed by atoms with Crippen LogP contribution in [0.4, 0.5) is 5.69 Å². The van der Waals surface area contributed by atoms with Gasteiger partial charge in [0, 0.05) is 18.8 Å². The van der Waals surface area contributed by atoms with Crippen molar-refractivity contribution in [1.82, 2.24) is 5.32 Å². The molecule has 1 amide bonds. The zero-order valence-corrected chi connectivity index (χ0v) is 12.6. The minimum Gasteiger partial charge on any atom is -0.379 e. The summed E-state index contributed by atoms with van der Waals surface area (Å²) in [6.45, 7) is 6.21. The van der Waals surface area contributed by atoms with Crippen LogP contribution in [0, 0.1) is 12.8 Å². The third kappa shape index (κ3) is 3.38. The molecule has 110 valence electrons. The molecule has 2 atom stereocenters. The maximum atomic E-state index is 12.6. The molecule has 1 aliphatic rings. The van der Waals surface area contributed by atoms with E-state index in [1.165, 1.54) is 0 Å². The molecule has 1 heterocycles. The molecule has 1 fully saturated rings. The largest absolute Gasteiger partial charge is 0.379 e. The lowest BCUT2D eigenvalue weighted by Crippen LogP contribution is -2.45. The molecule has 4 nitrogen and oxygen atoms in total. The Morgan fingerprint density at radius 2 is 2.25 bits per heavy atom. The van der Waals surface area contributed by atoms with Crippen LogP contribution >= 0.6 is 0 Å². The second kappa shape index (κ2) is 6.86. The first kappa shape index (κ1) is 15.0. The van der Waals surface area contributed by atoms with Gasteiger partial charge in [0.2, 0.25) is 5.91 Å². The summed E-state index contributed by atoms with van der Waals surface area (Å²) in [5.41, 5.74) is 2.10. The smallest absolute Gasteiger partial charge is 0.233 e. The number of rotatable bonds is 5. The second-order valence-electron chi connectivity index (χ2n) is 5.44. The maximum absolute atomic E-state index is 12.6. The number of hydrogen-bond donors (Lipinski definition) is 1. The number of carbonyl (C=O) groups is 1. The summed E-state index contributed by atoms with van der Waals surface area (Å²) in [7, 11) is 1.84. The molecular formula is C16H24N2O2. The van der Waals surface area contributed by atoms with Gasteiger partial charge in [0.25, 0.3) is 0 Å². The zero-order chi connectivity index (χ0) is 14.5. The monoisotopic (exact) mass is 276 g/mol. The van der Waals surface area contributed by atoms with Crippen molar-refractivity contribution in [2.45, 2.75) is 26.3 Å². The lowest BCUT2D eigenvalue weighted by atomic mass is 10.0. The Morgan fingerprint density at radius 1 is 1.45 bits per heavy atom. The predicted molar refractivity (Wildman–Crippen MR) is 81.0 cm³/mol. The number of amides is 1. The highest BCUT2D eigenvalue weighted by Crippen LogP contribution is 2.21. The molecule has 1 aromatic carbocycles. The van der Waals surface area contributed by atoms with Crippen molar-refractivity contribution < 1.29 is 9.53 Å². The van der Waals surface area contributed by atoms with E-state index in [4.69, 9.17) is 4.74 Å². The van der Waals surface area contributed by atoms with Gasteiger partial charge in [-0.2, -0.15) is 0 Å². The fraction of sp³-hybridized carbons (Fsp3) is 0.562. The van der Waals surface area contributed by atoms with Gasteiger partial charge in [-0.1, -0.05) is 19.1 Å². The van der Waals surface area contributed by atoms with Crippen molar-refractivity contribution in [1.29, 1.82) is 0 Å². The van der Waals surface area contributed by atoms with Gasteiger partial charge in [0.1, 0.15) is 0 Å². The Labute approximate surface area is 121 Å². The van der Waals surface area contributed by atoms with Crippen LogP contribution in [0.2, 0.25) is 0 Å². The van der Waals surface area contributed by atoms with E-state index in [-0.39, 0.29) is 17.9 Å². The average Bonchev–Trinajstić information content (AvgIpc) is 2.91. The Bertz CT molecular complexity index is 462. The fourth-order valence-electron chi connectivity index (χ4n) is 2.54. The molecular weight excluding hydrogens is 252 g/mol. The van der Waals surface area contributed by atoms with E-state index >= 15 is 0 Å². The maximum Gasteiger partial charge on any atom is 0.233 e. The molecule has 2 rings (SSSR count). The first-order valence-corrected chi connectivity index (χ1v) is 7.29. The van der Waals surface area contributed by atoms with Crippen LogP contribution in [0.25, 0.3) is 0 Å². The summed E-state index contributed by atoms with van der Waals surface area (Å²) in [6, 6.07) is 8.14. The van der Waals surface area contributed by atoms with Crippen LogP contribution in [-0.4, -0.2) is 38.8 Å². The summed E-state index contributed by atoms with van der Waals surface area (Å²) in [4.78, 5) is 14.4. The SMILES string of the molecule is CCCNC1COCC1C(=O)N(C)c1cccc(C)c1. The number of anilines is 1. The van der Waals surface area contributed by atoms with Crippen molar-refractivity contribution in [2.24, 2.45) is 5.92 Å². The second-order valence-corrected chi connectivity index (χ2v) is 5.44. The fourth-order valence-corrected chi connectivity index (χ4v) is 2.54. The van der Waals surface area contributed by atoms with Crippen molar-refractivity contribution in [3.63, 3.8) is 0 Å². The Balaban J connectivity index is 2.06. The van der Waals surface area contributed by atoms with Crippen LogP contribution < -0.4 is 10.2 Å². The van der Waals surface area contributed by atoms with E-state index in [9.17, 15) is 4.79 Å². The topological polar surface area (TPSA) is 41.6 Å². The highest BCUT2D eigenvalue weighted by atomic mass is 16.5. The molecule has 1 N–H and O–H groups in total. The zero-order valence-electron chi connectivity index (χ0n) is 12.6. The predicted octanol–water partition coefficient (Wildman–Crippen LogP) is 1.97. The van der Waals surface area contributed by atoms with Crippen molar-refractivity contribution in [3.05, 3.63) is 29.8 Å². The van der Waals surface area contributed by atoms with E-state index in [1.54, 1.807) is 4.90 Å². The van der Waals surface area contributed by atoms with Gasteiger partial charge >= 0.3 is 0 Å². The van der Waals surface area contributed by atoms with Crippen LogP contribution in [0.15, 0.2) is 24.3 Å². The third-order valence-electron chi connectivity index (χ3n) is 3.77. The molecule has 0 bridgehead atoms. The number of ether oxygens (including phenoxy) is 1.